The van der Waals surface area contributed by atoms with E-state index in [1.54, 1.807) is 0 Å². The molecule has 0 spiro atoms. The van der Waals surface area contributed by atoms with Crippen molar-refractivity contribution in [3.63, 3.8) is 0 Å². The number of piperidine rings is 1. The summed E-state index contributed by atoms with van der Waals surface area (Å²) < 4.78 is 16.1. The Morgan fingerprint density at radius 3 is 2.11 bits per heavy atom. The molecule has 1 aromatic rings. The first-order chi connectivity index (χ1) is 16.7. The molecule has 6 nitrogen and oxygen atoms in total. The fourth-order valence-corrected chi connectivity index (χ4v) is 10.1. The molecule has 0 atom stereocenters. The SMILES string of the molecule is CCCC[C](CCCC)(CCCC)[Sn][c]1nccn1CCOC1CCN(C(=O)OC(C)(C)C)CC1. The van der Waals surface area contributed by atoms with E-state index >= 15 is 0 Å². The van der Waals surface area contributed by atoms with Crippen molar-refractivity contribution >= 4 is 31.1 Å². The van der Waals surface area contributed by atoms with E-state index in [1.807, 2.05) is 31.9 Å². The minimum atomic E-state index is -0.848. The zero-order chi connectivity index (χ0) is 25.7. The van der Waals surface area contributed by atoms with E-state index in [-0.39, 0.29) is 12.2 Å². The molecule has 1 aliphatic heterocycles. The quantitative estimate of drug-likeness (QED) is 0.221. The van der Waals surface area contributed by atoms with Crippen molar-refractivity contribution in [3.8, 4) is 0 Å². The van der Waals surface area contributed by atoms with Gasteiger partial charge in [-0.25, -0.2) is 0 Å². The van der Waals surface area contributed by atoms with E-state index in [4.69, 9.17) is 14.5 Å². The van der Waals surface area contributed by atoms with Gasteiger partial charge in [-0.3, -0.25) is 0 Å². The number of hydrogen-bond acceptors (Lipinski definition) is 4. The van der Waals surface area contributed by atoms with E-state index in [9.17, 15) is 4.79 Å². The summed E-state index contributed by atoms with van der Waals surface area (Å²) in [7, 11) is 0. The molecule has 0 N–H and O–H groups in total. The van der Waals surface area contributed by atoms with Crippen molar-refractivity contribution in [2.24, 2.45) is 0 Å². The van der Waals surface area contributed by atoms with Gasteiger partial charge in [0.05, 0.1) is 0 Å². The normalized spacial score (nSPS) is 15.5. The number of likely N-dealkylation sites (tertiary alicyclic amines) is 1. The van der Waals surface area contributed by atoms with E-state index in [0.717, 1.165) is 19.4 Å². The first-order valence-corrected chi connectivity index (χ1v) is 17.0. The summed E-state index contributed by atoms with van der Waals surface area (Å²) in [4.78, 5) is 19.0. The zero-order valence-corrected chi connectivity index (χ0v) is 26.3. The molecule has 1 aromatic heterocycles. The topological polar surface area (TPSA) is 56.6 Å². The molecule has 1 fully saturated rings. The van der Waals surface area contributed by atoms with Crippen molar-refractivity contribution in [1.82, 2.24) is 14.5 Å². The molecule has 2 heterocycles. The summed E-state index contributed by atoms with van der Waals surface area (Å²) >= 11 is -0.848. The Bertz CT molecular complexity index is 702. The van der Waals surface area contributed by atoms with Crippen LogP contribution in [0.15, 0.2) is 12.4 Å². The number of nitrogens with zero attached hydrogens (tertiary/aromatic N) is 3. The summed E-state index contributed by atoms with van der Waals surface area (Å²) in [6, 6.07) is 0. The number of hydrogen-bond donors (Lipinski definition) is 0. The van der Waals surface area contributed by atoms with Crippen molar-refractivity contribution in [2.45, 2.75) is 134 Å². The number of aromatic nitrogens is 2. The minimum absolute atomic E-state index is 0.206. The van der Waals surface area contributed by atoms with Crippen LogP contribution in [0, 0.1) is 0 Å². The fraction of sp³-hybridized carbons (Fsp3) is 0.857. The Balaban J connectivity index is 1.88. The van der Waals surface area contributed by atoms with Gasteiger partial charge < -0.3 is 0 Å². The summed E-state index contributed by atoms with van der Waals surface area (Å²) in [5, 5.41) is 0. The Morgan fingerprint density at radius 2 is 1.60 bits per heavy atom. The Morgan fingerprint density at radius 1 is 1.03 bits per heavy atom. The molecular formula is C28H51N3O3Sn. The van der Waals surface area contributed by atoms with Crippen LogP contribution in [0.2, 0.25) is 3.43 Å². The molecule has 2 rings (SSSR count). The Labute approximate surface area is 225 Å². The van der Waals surface area contributed by atoms with Gasteiger partial charge in [0.2, 0.25) is 0 Å². The van der Waals surface area contributed by atoms with E-state index < -0.39 is 26.7 Å². The predicted molar refractivity (Wildman–Crippen MR) is 146 cm³/mol. The molecule has 35 heavy (non-hydrogen) atoms. The molecule has 1 aliphatic rings. The average Bonchev–Trinajstić information content (AvgIpc) is 3.25. The molecule has 1 saturated heterocycles. The number of imidazole rings is 1. The van der Waals surface area contributed by atoms with Crippen molar-refractivity contribution in [2.75, 3.05) is 19.7 Å². The van der Waals surface area contributed by atoms with E-state index in [1.165, 1.54) is 61.6 Å². The van der Waals surface area contributed by atoms with Crippen LogP contribution in [0.25, 0.3) is 0 Å². The van der Waals surface area contributed by atoms with Gasteiger partial charge in [-0.2, -0.15) is 0 Å². The average molecular weight is 596 g/mol. The first-order valence-electron chi connectivity index (χ1n) is 14.1. The van der Waals surface area contributed by atoms with Gasteiger partial charge in [0, 0.05) is 0 Å². The number of amides is 1. The Hall–Kier alpha value is -0.761. The fourth-order valence-electron chi connectivity index (χ4n) is 4.81. The number of unbranched alkanes of at least 4 members (excludes halogenated alkanes) is 3. The van der Waals surface area contributed by atoms with Gasteiger partial charge in [0.25, 0.3) is 0 Å². The molecule has 2 radical (unpaired) electrons. The van der Waals surface area contributed by atoms with Crippen molar-refractivity contribution in [1.29, 1.82) is 0 Å². The first kappa shape index (κ1) is 30.5. The molecule has 0 aliphatic carbocycles. The van der Waals surface area contributed by atoms with Gasteiger partial charge in [0.1, 0.15) is 0 Å². The molecule has 1 amide bonds. The monoisotopic (exact) mass is 597 g/mol. The van der Waals surface area contributed by atoms with Crippen LogP contribution in [0.4, 0.5) is 4.79 Å². The molecule has 0 unspecified atom stereocenters. The van der Waals surface area contributed by atoms with Gasteiger partial charge in [-0.1, -0.05) is 0 Å². The van der Waals surface area contributed by atoms with Gasteiger partial charge >= 0.3 is 205 Å². The maximum atomic E-state index is 12.3. The van der Waals surface area contributed by atoms with E-state index in [2.05, 4.69) is 31.5 Å². The van der Waals surface area contributed by atoms with Gasteiger partial charge in [-0.15, -0.1) is 0 Å². The molecule has 7 heteroatoms. The third-order valence-electron chi connectivity index (χ3n) is 6.90. The second-order valence-electron chi connectivity index (χ2n) is 11.2. The second-order valence-corrected chi connectivity index (χ2v) is 16.2. The number of carbonyl (C=O) groups excluding carboxylic acids is 1. The predicted octanol–water partition coefficient (Wildman–Crippen LogP) is 6.36. The van der Waals surface area contributed by atoms with Gasteiger partial charge in [0.15, 0.2) is 0 Å². The van der Waals surface area contributed by atoms with Crippen LogP contribution in [-0.2, 0) is 16.0 Å². The maximum absolute atomic E-state index is 12.3. The van der Waals surface area contributed by atoms with Crippen LogP contribution in [0.5, 0.6) is 0 Å². The number of ether oxygens (including phenoxy) is 2. The molecule has 0 bridgehead atoms. The molecular weight excluding hydrogens is 545 g/mol. The van der Waals surface area contributed by atoms with Crippen molar-refractivity contribution < 1.29 is 14.3 Å². The van der Waals surface area contributed by atoms with Crippen LogP contribution in [0.3, 0.4) is 0 Å². The van der Waals surface area contributed by atoms with Crippen LogP contribution < -0.4 is 3.84 Å². The van der Waals surface area contributed by atoms with Crippen molar-refractivity contribution in [3.05, 3.63) is 12.4 Å². The van der Waals surface area contributed by atoms with Crippen LogP contribution in [0.1, 0.15) is 112 Å². The van der Waals surface area contributed by atoms with Crippen LogP contribution in [-0.4, -0.2) is 73.1 Å². The van der Waals surface area contributed by atoms with E-state index in [0.29, 0.717) is 23.1 Å². The molecule has 0 aromatic carbocycles. The third-order valence-corrected chi connectivity index (χ3v) is 12.4. The van der Waals surface area contributed by atoms with Gasteiger partial charge in [-0.05, 0) is 20.8 Å². The standard InChI is InChI=1S/C15H24N3O3.C13H27.Sn/c1-15(2,3)21-14(19)18-7-4-13(5-8-18)20-11-10-17-9-6-16-12-17;1-4-7-10-13(11-8-5-2)12-9-6-3;/h6,9,13H,4-5,7-8,10-11H2,1-3H3;4-12H2,1-3H3;. The summed E-state index contributed by atoms with van der Waals surface area (Å²) in [6.45, 7) is 15.7. The van der Waals surface area contributed by atoms with Crippen LogP contribution >= 0.6 is 0 Å². The summed E-state index contributed by atoms with van der Waals surface area (Å²) in [5.41, 5.74) is -0.446. The summed E-state index contributed by atoms with van der Waals surface area (Å²) in [6.07, 6.45) is 18.0. The zero-order valence-electron chi connectivity index (χ0n) is 23.4. The Kier molecular flexibility index (Phi) is 13.5. The molecule has 0 saturated carbocycles. The summed E-state index contributed by atoms with van der Waals surface area (Å²) in [5.74, 6) is 0. The number of rotatable bonds is 15. The third kappa shape index (κ3) is 11.0. The molecule has 200 valence electrons. The second kappa shape index (κ2) is 15.5. The number of carbonyl (C=O) groups is 1.